The maximum atomic E-state index is 13.1. The number of amides is 3. The molecule has 0 bridgehead atoms. The molecule has 2 unspecified atom stereocenters. The van der Waals surface area contributed by atoms with Crippen molar-refractivity contribution in [3.63, 3.8) is 0 Å². The van der Waals surface area contributed by atoms with Crippen LogP contribution in [0.1, 0.15) is 48.8 Å². The van der Waals surface area contributed by atoms with Crippen molar-refractivity contribution in [1.82, 2.24) is 25.4 Å². The van der Waals surface area contributed by atoms with Crippen LogP contribution in [0, 0.1) is 12.8 Å². The lowest BCUT2D eigenvalue weighted by Gasteiger charge is -2.43. The van der Waals surface area contributed by atoms with Crippen molar-refractivity contribution in [2.45, 2.75) is 58.2 Å². The van der Waals surface area contributed by atoms with E-state index in [1.54, 1.807) is 0 Å². The Morgan fingerprint density at radius 3 is 2.59 bits per heavy atom. The molecule has 7 nitrogen and oxygen atoms in total. The van der Waals surface area contributed by atoms with Gasteiger partial charge in [0.05, 0.1) is 5.92 Å². The molecule has 2 N–H and O–H groups in total. The minimum Gasteiger partial charge on any atom is -0.356 e. The lowest BCUT2D eigenvalue weighted by molar-refractivity contribution is -0.129. The standard InChI is InChI=1S/C27H37N5O2/c1-21-6-8-22(9-7-21)18-30-27(34)32-17-12-24-25(20-32)31(19-23-10-14-28-15-11-23)16-5-3-2-4-13-29-26(24)33/h6-11,14-15,24-25H,2-5,12-13,16-20H2,1H3,(H,29,33)(H,30,34). The largest absolute Gasteiger partial charge is 0.356 e. The number of nitrogens with one attached hydrogen (secondary N) is 2. The van der Waals surface area contributed by atoms with Crippen LogP contribution >= 0.6 is 0 Å². The highest BCUT2D eigenvalue weighted by atomic mass is 16.2. The average Bonchev–Trinajstić information content (AvgIpc) is 2.89. The summed E-state index contributed by atoms with van der Waals surface area (Å²) in [5.74, 6) is 0.0208. The van der Waals surface area contributed by atoms with Crippen LogP contribution in [0.3, 0.4) is 0 Å². The van der Waals surface area contributed by atoms with E-state index in [-0.39, 0.29) is 23.9 Å². The van der Waals surface area contributed by atoms with E-state index in [1.807, 2.05) is 41.6 Å². The molecular weight excluding hydrogens is 426 g/mol. The molecule has 0 aliphatic carbocycles. The number of urea groups is 1. The molecule has 7 heteroatoms. The second kappa shape index (κ2) is 12.0. The van der Waals surface area contributed by atoms with Crippen molar-refractivity contribution < 1.29 is 9.59 Å². The summed E-state index contributed by atoms with van der Waals surface area (Å²) < 4.78 is 0. The van der Waals surface area contributed by atoms with Gasteiger partial charge in [-0.3, -0.25) is 14.7 Å². The Labute approximate surface area is 202 Å². The highest BCUT2D eigenvalue weighted by Crippen LogP contribution is 2.26. The van der Waals surface area contributed by atoms with E-state index in [9.17, 15) is 9.59 Å². The van der Waals surface area contributed by atoms with Gasteiger partial charge in [0.2, 0.25) is 5.91 Å². The van der Waals surface area contributed by atoms with Gasteiger partial charge >= 0.3 is 6.03 Å². The molecule has 0 spiro atoms. The van der Waals surface area contributed by atoms with E-state index in [4.69, 9.17) is 0 Å². The van der Waals surface area contributed by atoms with Crippen LogP contribution in [0.15, 0.2) is 48.8 Å². The SMILES string of the molecule is Cc1ccc(CNC(=O)N2CCC3C(=O)NCCCCCCN(Cc4ccncc4)C3C2)cc1. The molecule has 34 heavy (non-hydrogen) atoms. The van der Waals surface area contributed by atoms with E-state index in [1.165, 1.54) is 11.1 Å². The van der Waals surface area contributed by atoms with Crippen LogP contribution in [0.25, 0.3) is 0 Å². The summed E-state index contributed by atoms with van der Waals surface area (Å²) in [6.45, 7) is 6.14. The molecule has 3 heterocycles. The van der Waals surface area contributed by atoms with Crippen molar-refractivity contribution in [3.8, 4) is 0 Å². The van der Waals surface area contributed by atoms with Crippen molar-refractivity contribution in [3.05, 3.63) is 65.5 Å². The van der Waals surface area contributed by atoms with Crippen LogP contribution in [-0.4, -0.2) is 58.9 Å². The Balaban J connectivity index is 1.48. The second-order valence-electron chi connectivity index (χ2n) is 9.58. The fraction of sp³-hybridized carbons (Fsp3) is 0.519. The molecule has 2 aliphatic rings. The van der Waals surface area contributed by atoms with E-state index in [0.717, 1.165) is 50.9 Å². The van der Waals surface area contributed by atoms with Crippen LogP contribution in [0.4, 0.5) is 4.79 Å². The number of fused-ring (bicyclic) bond motifs is 1. The van der Waals surface area contributed by atoms with Crippen LogP contribution in [0.5, 0.6) is 0 Å². The lowest BCUT2D eigenvalue weighted by atomic mass is 9.89. The van der Waals surface area contributed by atoms with Gasteiger partial charge in [0.15, 0.2) is 0 Å². The monoisotopic (exact) mass is 463 g/mol. The number of aryl methyl sites for hydroxylation is 1. The maximum Gasteiger partial charge on any atom is 0.317 e. The molecule has 2 aliphatic heterocycles. The topological polar surface area (TPSA) is 77.6 Å². The number of carbonyl (C=O) groups is 2. The lowest BCUT2D eigenvalue weighted by Crippen LogP contribution is -2.58. The van der Waals surface area contributed by atoms with Gasteiger partial charge in [0.1, 0.15) is 0 Å². The minimum atomic E-state index is -0.110. The zero-order chi connectivity index (χ0) is 23.8. The molecule has 0 radical (unpaired) electrons. The van der Waals surface area contributed by atoms with Crippen molar-refractivity contribution in [1.29, 1.82) is 0 Å². The first-order valence-corrected chi connectivity index (χ1v) is 12.6. The molecule has 2 fully saturated rings. The Morgan fingerprint density at radius 1 is 1.03 bits per heavy atom. The summed E-state index contributed by atoms with van der Waals surface area (Å²) in [5, 5.41) is 6.24. The zero-order valence-corrected chi connectivity index (χ0v) is 20.2. The molecule has 1 aromatic heterocycles. The summed E-state index contributed by atoms with van der Waals surface area (Å²) >= 11 is 0. The highest BCUT2D eigenvalue weighted by molar-refractivity contribution is 5.80. The van der Waals surface area contributed by atoms with Gasteiger partial charge < -0.3 is 15.5 Å². The number of hydrogen-bond acceptors (Lipinski definition) is 4. The number of carbonyl (C=O) groups excluding carboxylic acids is 2. The van der Waals surface area contributed by atoms with Crippen molar-refractivity contribution in [2.75, 3.05) is 26.2 Å². The summed E-state index contributed by atoms with van der Waals surface area (Å²) in [6, 6.07) is 12.2. The summed E-state index contributed by atoms with van der Waals surface area (Å²) in [4.78, 5) is 34.7. The molecule has 1 aromatic carbocycles. The fourth-order valence-electron chi connectivity index (χ4n) is 5.01. The second-order valence-corrected chi connectivity index (χ2v) is 9.58. The van der Waals surface area contributed by atoms with Crippen LogP contribution in [0.2, 0.25) is 0 Å². The quantitative estimate of drug-likeness (QED) is 0.728. The Morgan fingerprint density at radius 2 is 1.79 bits per heavy atom. The number of hydrogen-bond donors (Lipinski definition) is 2. The molecule has 0 saturated carbocycles. The summed E-state index contributed by atoms with van der Waals surface area (Å²) in [7, 11) is 0. The molecule has 2 saturated heterocycles. The Hall–Kier alpha value is -2.93. The highest BCUT2D eigenvalue weighted by Gasteiger charge is 2.39. The number of likely N-dealkylation sites (tertiary alicyclic amines) is 1. The minimum absolute atomic E-state index is 0.00913. The first-order chi connectivity index (χ1) is 16.6. The summed E-state index contributed by atoms with van der Waals surface area (Å²) in [5.41, 5.74) is 3.48. The Kier molecular flexibility index (Phi) is 8.52. The predicted octanol–water partition coefficient (Wildman–Crippen LogP) is 3.48. The summed E-state index contributed by atoms with van der Waals surface area (Å²) in [6.07, 6.45) is 8.73. The van der Waals surface area contributed by atoms with Gasteiger partial charge in [0.25, 0.3) is 0 Å². The number of pyridine rings is 1. The first-order valence-electron chi connectivity index (χ1n) is 12.6. The number of nitrogens with zero attached hydrogens (tertiary/aromatic N) is 3. The number of rotatable bonds is 4. The van der Waals surface area contributed by atoms with Crippen LogP contribution < -0.4 is 10.6 Å². The van der Waals surface area contributed by atoms with Gasteiger partial charge in [0, 0.05) is 51.2 Å². The fourth-order valence-corrected chi connectivity index (χ4v) is 5.01. The third kappa shape index (κ3) is 6.56. The number of piperidine rings is 1. The molecule has 182 valence electrons. The van der Waals surface area contributed by atoms with Gasteiger partial charge in [-0.05, 0) is 56.0 Å². The van der Waals surface area contributed by atoms with E-state index < -0.39 is 0 Å². The van der Waals surface area contributed by atoms with Gasteiger partial charge in [-0.15, -0.1) is 0 Å². The van der Waals surface area contributed by atoms with Gasteiger partial charge in [-0.2, -0.15) is 0 Å². The van der Waals surface area contributed by atoms with Crippen molar-refractivity contribution >= 4 is 11.9 Å². The van der Waals surface area contributed by atoms with Crippen molar-refractivity contribution in [2.24, 2.45) is 5.92 Å². The first kappa shape index (κ1) is 24.2. The van der Waals surface area contributed by atoms with E-state index in [2.05, 4.69) is 39.6 Å². The van der Waals surface area contributed by atoms with Crippen LogP contribution in [-0.2, 0) is 17.9 Å². The molecule has 3 amide bonds. The number of aromatic nitrogens is 1. The normalized spacial score (nSPS) is 22.3. The molecule has 2 atom stereocenters. The maximum absolute atomic E-state index is 13.1. The molecule has 2 aromatic rings. The third-order valence-electron chi connectivity index (χ3n) is 7.05. The van der Waals surface area contributed by atoms with E-state index >= 15 is 0 Å². The third-order valence-corrected chi connectivity index (χ3v) is 7.05. The molecular formula is C27H37N5O2. The number of benzene rings is 1. The van der Waals surface area contributed by atoms with Gasteiger partial charge in [-0.25, -0.2) is 4.79 Å². The van der Waals surface area contributed by atoms with E-state index in [0.29, 0.717) is 26.1 Å². The zero-order valence-electron chi connectivity index (χ0n) is 20.2. The molecule has 4 rings (SSSR count). The van der Waals surface area contributed by atoms with Gasteiger partial charge in [-0.1, -0.05) is 42.7 Å². The Bertz CT molecular complexity index is 934. The average molecular weight is 464 g/mol. The smallest absolute Gasteiger partial charge is 0.317 e. The predicted molar refractivity (Wildman–Crippen MR) is 133 cm³/mol.